The lowest BCUT2D eigenvalue weighted by Crippen LogP contribution is -2.02. The van der Waals surface area contributed by atoms with Crippen LogP contribution in [0.5, 0.6) is 5.75 Å². The Morgan fingerprint density at radius 1 is 0.737 bits per heavy atom. The first kappa shape index (κ1) is 11.5. The highest BCUT2D eigenvalue weighted by molar-refractivity contribution is 6.17. The molecule has 0 radical (unpaired) electrons. The summed E-state index contributed by atoms with van der Waals surface area (Å²) in [5, 5.41) is 11.7. The lowest BCUT2D eigenvalue weighted by molar-refractivity contribution is 0.103. The maximum Gasteiger partial charge on any atom is 0.197 e. The Balaban J connectivity index is 2.20. The van der Waals surface area contributed by atoms with Crippen LogP contribution >= 0.6 is 0 Å². The number of hydrogen-bond donors (Lipinski definition) is 1. The Labute approximate surface area is 110 Å². The third-order valence-electron chi connectivity index (χ3n) is 3.18. The SMILES string of the molecule is O=C(c1ccccc1O)c1cccc2ccccc12. The van der Waals surface area contributed by atoms with E-state index in [1.807, 2.05) is 36.4 Å². The van der Waals surface area contributed by atoms with E-state index in [1.54, 1.807) is 24.3 Å². The van der Waals surface area contributed by atoms with E-state index in [0.717, 1.165) is 10.8 Å². The van der Waals surface area contributed by atoms with Crippen molar-refractivity contribution in [3.63, 3.8) is 0 Å². The van der Waals surface area contributed by atoms with Gasteiger partial charge in [-0.15, -0.1) is 0 Å². The van der Waals surface area contributed by atoms with Gasteiger partial charge in [0, 0.05) is 5.56 Å². The number of ketones is 1. The molecular weight excluding hydrogens is 236 g/mol. The molecule has 0 aliphatic rings. The molecule has 2 nitrogen and oxygen atoms in total. The van der Waals surface area contributed by atoms with Crippen molar-refractivity contribution in [1.29, 1.82) is 0 Å². The fraction of sp³-hybridized carbons (Fsp3) is 0. The van der Waals surface area contributed by atoms with E-state index in [4.69, 9.17) is 0 Å². The first-order valence-electron chi connectivity index (χ1n) is 6.08. The molecule has 92 valence electrons. The van der Waals surface area contributed by atoms with Crippen molar-refractivity contribution in [3.8, 4) is 5.75 Å². The minimum absolute atomic E-state index is 0.0143. The van der Waals surface area contributed by atoms with Crippen molar-refractivity contribution in [1.82, 2.24) is 0 Å². The summed E-state index contributed by atoms with van der Waals surface area (Å²) in [7, 11) is 0. The Hall–Kier alpha value is -2.61. The van der Waals surface area contributed by atoms with Gasteiger partial charge in [0.2, 0.25) is 0 Å². The van der Waals surface area contributed by atoms with Crippen LogP contribution in [0.15, 0.2) is 66.7 Å². The van der Waals surface area contributed by atoms with Crippen LogP contribution in [-0.2, 0) is 0 Å². The molecule has 1 N–H and O–H groups in total. The zero-order chi connectivity index (χ0) is 13.2. The molecule has 0 spiro atoms. The second-order valence-electron chi connectivity index (χ2n) is 4.37. The maximum atomic E-state index is 12.5. The van der Waals surface area contributed by atoms with Gasteiger partial charge in [-0.3, -0.25) is 4.79 Å². The van der Waals surface area contributed by atoms with E-state index in [-0.39, 0.29) is 11.5 Å². The number of aromatic hydroxyl groups is 1. The molecule has 3 rings (SSSR count). The van der Waals surface area contributed by atoms with Crippen LogP contribution in [0.1, 0.15) is 15.9 Å². The number of benzene rings is 3. The van der Waals surface area contributed by atoms with Crippen molar-refractivity contribution < 1.29 is 9.90 Å². The van der Waals surface area contributed by atoms with Crippen LogP contribution in [0.2, 0.25) is 0 Å². The summed E-state index contributed by atoms with van der Waals surface area (Å²) in [6.45, 7) is 0. The Kier molecular flexibility index (Phi) is 2.76. The summed E-state index contributed by atoms with van der Waals surface area (Å²) in [6, 6.07) is 20.0. The Bertz CT molecular complexity index is 755. The van der Waals surface area contributed by atoms with E-state index >= 15 is 0 Å². The highest BCUT2D eigenvalue weighted by Gasteiger charge is 2.14. The molecule has 3 aromatic rings. The van der Waals surface area contributed by atoms with Crippen LogP contribution in [0.25, 0.3) is 10.8 Å². The smallest absolute Gasteiger partial charge is 0.197 e. The Morgan fingerprint density at radius 2 is 1.37 bits per heavy atom. The van der Waals surface area contributed by atoms with Crippen molar-refractivity contribution in [2.45, 2.75) is 0 Å². The minimum Gasteiger partial charge on any atom is -0.507 e. The molecule has 0 bridgehead atoms. The van der Waals surface area contributed by atoms with Crippen molar-refractivity contribution in [2.75, 3.05) is 0 Å². The molecule has 2 heteroatoms. The van der Waals surface area contributed by atoms with Gasteiger partial charge in [0.1, 0.15) is 5.75 Å². The lowest BCUT2D eigenvalue weighted by Gasteiger charge is -2.07. The van der Waals surface area contributed by atoms with Gasteiger partial charge in [-0.2, -0.15) is 0 Å². The average Bonchev–Trinajstić information content (AvgIpc) is 2.46. The van der Waals surface area contributed by atoms with Gasteiger partial charge in [0.05, 0.1) is 5.56 Å². The van der Waals surface area contributed by atoms with E-state index in [1.165, 1.54) is 6.07 Å². The van der Waals surface area contributed by atoms with Crippen molar-refractivity contribution >= 4 is 16.6 Å². The minimum atomic E-state index is -0.157. The molecular formula is C17H12O2. The summed E-state index contributed by atoms with van der Waals surface area (Å²) in [5.74, 6) is -0.143. The van der Waals surface area contributed by atoms with Crippen LogP contribution in [0, 0.1) is 0 Å². The van der Waals surface area contributed by atoms with Crippen molar-refractivity contribution in [2.24, 2.45) is 0 Å². The Morgan fingerprint density at radius 3 is 2.21 bits per heavy atom. The molecule has 0 aliphatic carbocycles. The average molecular weight is 248 g/mol. The number of rotatable bonds is 2. The molecule has 0 amide bonds. The summed E-state index contributed by atoms with van der Waals surface area (Å²) in [5.41, 5.74) is 0.943. The number of carbonyl (C=O) groups is 1. The van der Waals surface area contributed by atoms with E-state index < -0.39 is 0 Å². The number of carbonyl (C=O) groups excluding carboxylic acids is 1. The second kappa shape index (κ2) is 4.58. The van der Waals surface area contributed by atoms with Crippen LogP contribution < -0.4 is 0 Å². The molecule has 0 unspecified atom stereocenters. The normalized spacial score (nSPS) is 10.5. The van der Waals surface area contributed by atoms with Crippen LogP contribution in [0.4, 0.5) is 0 Å². The molecule has 0 fully saturated rings. The fourth-order valence-electron chi connectivity index (χ4n) is 2.23. The predicted octanol–water partition coefficient (Wildman–Crippen LogP) is 3.78. The van der Waals surface area contributed by atoms with Gasteiger partial charge in [-0.05, 0) is 22.9 Å². The molecule has 0 atom stereocenters. The molecule has 0 saturated heterocycles. The molecule has 3 aromatic carbocycles. The number of para-hydroxylation sites is 1. The zero-order valence-electron chi connectivity index (χ0n) is 10.2. The zero-order valence-corrected chi connectivity index (χ0v) is 10.2. The first-order valence-corrected chi connectivity index (χ1v) is 6.08. The highest BCUT2D eigenvalue weighted by atomic mass is 16.3. The lowest BCUT2D eigenvalue weighted by atomic mass is 9.97. The van der Waals surface area contributed by atoms with E-state index in [2.05, 4.69) is 0 Å². The number of fused-ring (bicyclic) bond motifs is 1. The topological polar surface area (TPSA) is 37.3 Å². The van der Waals surface area contributed by atoms with Gasteiger partial charge in [0.15, 0.2) is 5.78 Å². The van der Waals surface area contributed by atoms with Crippen LogP contribution in [-0.4, -0.2) is 10.9 Å². The molecule has 0 aromatic heterocycles. The number of phenolic OH excluding ortho intramolecular Hbond substituents is 1. The second-order valence-corrected chi connectivity index (χ2v) is 4.37. The number of phenols is 1. The molecule has 0 heterocycles. The van der Waals surface area contributed by atoms with E-state index in [0.29, 0.717) is 11.1 Å². The third kappa shape index (κ3) is 1.97. The summed E-state index contributed by atoms with van der Waals surface area (Å²) in [4.78, 5) is 12.5. The summed E-state index contributed by atoms with van der Waals surface area (Å²) >= 11 is 0. The fourth-order valence-corrected chi connectivity index (χ4v) is 2.23. The molecule has 0 saturated carbocycles. The predicted molar refractivity (Wildman–Crippen MR) is 75.5 cm³/mol. The van der Waals surface area contributed by atoms with Crippen molar-refractivity contribution in [3.05, 3.63) is 77.9 Å². The largest absolute Gasteiger partial charge is 0.507 e. The highest BCUT2D eigenvalue weighted by Crippen LogP contribution is 2.25. The molecule has 19 heavy (non-hydrogen) atoms. The van der Waals surface area contributed by atoms with Gasteiger partial charge >= 0.3 is 0 Å². The summed E-state index contributed by atoms with van der Waals surface area (Å²) < 4.78 is 0. The van der Waals surface area contributed by atoms with Gasteiger partial charge in [-0.25, -0.2) is 0 Å². The third-order valence-corrected chi connectivity index (χ3v) is 3.18. The van der Waals surface area contributed by atoms with Gasteiger partial charge in [-0.1, -0.05) is 54.6 Å². The van der Waals surface area contributed by atoms with Crippen LogP contribution in [0.3, 0.4) is 0 Å². The van der Waals surface area contributed by atoms with Gasteiger partial charge in [0.25, 0.3) is 0 Å². The maximum absolute atomic E-state index is 12.5. The standard InChI is InChI=1S/C17H12O2/c18-16-11-4-3-9-15(16)17(19)14-10-5-7-12-6-1-2-8-13(12)14/h1-11,18H. The monoisotopic (exact) mass is 248 g/mol. The summed E-state index contributed by atoms with van der Waals surface area (Å²) in [6.07, 6.45) is 0. The van der Waals surface area contributed by atoms with E-state index in [9.17, 15) is 9.90 Å². The number of hydrogen-bond acceptors (Lipinski definition) is 2. The first-order chi connectivity index (χ1) is 9.27. The molecule has 0 aliphatic heterocycles. The quantitative estimate of drug-likeness (QED) is 0.701. The van der Waals surface area contributed by atoms with Gasteiger partial charge < -0.3 is 5.11 Å².